The van der Waals surface area contributed by atoms with Crippen LogP contribution in [0.2, 0.25) is 0 Å². The first-order chi connectivity index (χ1) is 9.22. The highest BCUT2D eigenvalue weighted by molar-refractivity contribution is 7.92. The van der Waals surface area contributed by atoms with E-state index in [2.05, 4.69) is 9.82 Å². The maximum Gasteiger partial charge on any atom is 0.262 e. The number of rotatable bonds is 3. The molecular weight excluding hydrogens is 274 g/mol. The van der Waals surface area contributed by atoms with Gasteiger partial charge in [0.2, 0.25) is 0 Å². The predicted molar refractivity (Wildman–Crippen MR) is 79.4 cm³/mol. The van der Waals surface area contributed by atoms with Crippen LogP contribution in [-0.2, 0) is 17.1 Å². The Morgan fingerprint density at radius 3 is 2.35 bits per heavy atom. The van der Waals surface area contributed by atoms with E-state index >= 15 is 0 Å². The van der Waals surface area contributed by atoms with Crippen molar-refractivity contribution in [1.82, 2.24) is 9.78 Å². The third-order valence-electron chi connectivity index (χ3n) is 3.38. The monoisotopic (exact) mass is 293 g/mol. The number of hydrogen-bond donors (Lipinski definition) is 1. The number of benzene rings is 1. The maximum atomic E-state index is 12.5. The van der Waals surface area contributed by atoms with Crippen LogP contribution in [0, 0.1) is 27.7 Å². The summed E-state index contributed by atoms with van der Waals surface area (Å²) >= 11 is 0. The largest absolute Gasteiger partial charge is 0.276 e. The highest BCUT2D eigenvalue weighted by atomic mass is 32.2. The molecule has 1 N–H and O–H groups in total. The molecule has 0 aliphatic heterocycles. The third-order valence-corrected chi connectivity index (χ3v) is 4.87. The molecule has 0 aliphatic rings. The quantitative estimate of drug-likeness (QED) is 0.945. The molecule has 108 valence electrons. The summed E-state index contributed by atoms with van der Waals surface area (Å²) in [6.07, 6.45) is 0. The Morgan fingerprint density at radius 2 is 1.80 bits per heavy atom. The van der Waals surface area contributed by atoms with Gasteiger partial charge in [-0.05, 0) is 44.9 Å². The Hall–Kier alpha value is -1.82. The molecule has 1 aromatic heterocycles. The van der Waals surface area contributed by atoms with Crippen LogP contribution in [0.15, 0.2) is 23.1 Å². The first kappa shape index (κ1) is 14.6. The first-order valence-electron chi connectivity index (χ1n) is 6.32. The summed E-state index contributed by atoms with van der Waals surface area (Å²) in [6.45, 7) is 7.28. The van der Waals surface area contributed by atoms with Gasteiger partial charge < -0.3 is 0 Å². The van der Waals surface area contributed by atoms with Crippen LogP contribution >= 0.6 is 0 Å². The van der Waals surface area contributed by atoms with Crippen LogP contribution in [-0.4, -0.2) is 18.2 Å². The third kappa shape index (κ3) is 2.56. The standard InChI is InChI=1S/C14H19N3O2S/c1-9-6-7-10(2)13(8-9)20(18,19)16-14-11(3)15-17(5)12(14)4/h6-8,16H,1-5H3. The fraction of sp³-hybridized carbons (Fsp3) is 0.357. The van der Waals surface area contributed by atoms with Gasteiger partial charge in [0.15, 0.2) is 0 Å². The van der Waals surface area contributed by atoms with E-state index < -0.39 is 10.0 Å². The van der Waals surface area contributed by atoms with Gasteiger partial charge in [-0.3, -0.25) is 9.40 Å². The van der Waals surface area contributed by atoms with Gasteiger partial charge in [0.1, 0.15) is 0 Å². The molecular formula is C14H19N3O2S. The Kier molecular flexibility index (Phi) is 3.60. The first-order valence-corrected chi connectivity index (χ1v) is 7.81. The van der Waals surface area contributed by atoms with Gasteiger partial charge in [-0.2, -0.15) is 5.10 Å². The molecule has 1 aromatic carbocycles. The molecule has 6 heteroatoms. The minimum Gasteiger partial charge on any atom is -0.276 e. The van der Waals surface area contributed by atoms with E-state index in [1.807, 2.05) is 26.0 Å². The van der Waals surface area contributed by atoms with E-state index in [9.17, 15) is 8.42 Å². The zero-order valence-corrected chi connectivity index (χ0v) is 13.2. The molecule has 0 spiro atoms. The number of aryl methyl sites for hydroxylation is 4. The molecule has 0 atom stereocenters. The summed E-state index contributed by atoms with van der Waals surface area (Å²) in [6, 6.07) is 5.39. The van der Waals surface area contributed by atoms with Crippen LogP contribution in [0.25, 0.3) is 0 Å². The van der Waals surface area contributed by atoms with E-state index in [0.717, 1.165) is 16.8 Å². The van der Waals surface area contributed by atoms with Gasteiger partial charge in [-0.1, -0.05) is 12.1 Å². The van der Waals surface area contributed by atoms with E-state index in [4.69, 9.17) is 0 Å². The second-order valence-corrected chi connectivity index (χ2v) is 6.69. The molecule has 2 rings (SSSR count). The molecule has 0 saturated heterocycles. The summed E-state index contributed by atoms with van der Waals surface area (Å²) in [4.78, 5) is 0.306. The molecule has 0 saturated carbocycles. The summed E-state index contributed by atoms with van der Waals surface area (Å²) in [5.41, 5.74) is 3.64. The number of anilines is 1. The van der Waals surface area contributed by atoms with E-state index in [-0.39, 0.29) is 0 Å². The maximum absolute atomic E-state index is 12.5. The summed E-state index contributed by atoms with van der Waals surface area (Å²) in [5.74, 6) is 0. The molecule has 20 heavy (non-hydrogen) atoms. The fourth-order valence-corrected chi connectivity index (χ4v) is 3.61. The molecule has 0 fully saturated rings. The van der Waals surface area contributed by atoms with Crippen LogP contribution in [0.3, 0.4) is 0 Å². The topological polar surface area (TPSA) is 64.0 Å². The molecule has 0 aliphatic carbocycles. The minimum atomic E-state index is -3.60. The molecule has 0 bridgehead atoms. The molecule has 5 nitrogen and oxygen atoms in total. The number of sulfonamides is 1. The normalized spacial score (nSPS) is 11.7. The number of nitrogens with zero attached hydrogens (tertiary/aromatic N) is 2. The van der Waals surface area contributed by atoms with Crippen molar-refractivity contribution >= 4 is 15.7 Å². The van der Waals surface area contributed by atoms with Crippen LogP contribution in [0.5, 0.6) is 0 Å². The van der Waals surface area contributed by atoms with Crippen molar-refractivity contribution in [1.29, 1.82) is 0 Å². The van der Waals surface area contributed by atoms with Crippen molar-refractivity contribution in [3.05, 3.63) is 40.7 Å². The lowest BCUT2D eigenvalue weighted by Crippen LogP contribution is -2.15. The molecule has 0 unspecified atom stereocenters. The lowest BCUT2D eigenvalue weighted by Gasteiger charge is -2.11. The van der Waals surface area contributed by atoms with Crippen molar-refractivity contribution in [2.75, 3.05) is 4.72 Å². The van der Waals surface area contributed by atoms with Crippen molar-refractivity contribution in [3.63, 3.8) is 0 Å². The van der Waals surface area contributed by atoms with Crippen molar-refractivity contribution in [3.8, 4) is 0 Å². The minimum absolute atomic E-state index is 0.306. The van der Waals surface area contributed by atoms with Crippen molar-refractivity contribution in [2.45, 2.75) is 32.6 Å². The zero-order valence-electron chi connectivity index (χ0n) is 12.4. The Morgan fingerprint density at radius 1 is 1.15 bits per heavy atom. The highest BCUT2D eigenvalue weighted by Gasteiger charge is 2.20. The number of nitrogens with one attached hydrogen (secondary N) is 1. The highest BCUT2D eigenvalue weighted by Crippen LogP contribution is 2.24. The summed E-state index contributed by atoms with van der Waals surface area (Å²) in [5, 5.41) is 4.22. The predicted octanol–water partition coefficient (Wildman–Crippen LogP) is 2.45. The van der Waals surface area contributed by atoms with Gasteiger partial charge in [0.25, 0.3) is 10.0 Å². The van der Waals surface area contributed by atoms with Gasteiger partial charge in [0.05, 0.1) is 22.0 Å². The Balaban J connectivity index is 2.49. The zero-order chi connectivity index (χ0) is 15.1. The average Bonchev–Trinajstić information content (AvgIpc) is 2.59. The Bertz CT molecular complexity index is 761. The van der Waals surface area contributed by atoms with Gasteiger partial charge in [0, 0.05) is 7.05 Å². The number of aromatic nitrogens is 2. The summed E-state index contributed by atoms with van der Waals surface area (Å²) < 4.78 is 29.4. The average molecular weight is 293 g/mol. The van der Waals surface area contributed by atoms with E-state index in [1.54, 1.807) is 31.6 Å². The van der Waals surface area contributed by atoms with Crippen LogP contribution in [0.1, 0.15) is 22.5 Å². The van der Waals surface area contributed by atoms with Crippen LogP contribution in [0.4, 0.5) is 5.69 Å². The van der Waals surface area contributed by atoms with E-state index in [1.165, 1.54) is 0 Å². The van der Waals surface area contributed by atoms with Crippen LogP contribution < -0.4 is 4.72 Å². The van der Waals surface area contributed by atoms with Gasteiger partial charge >= 0.3 is 0 Å². The lowest BCUT2D eigenvalue weighted by atomic mass is 10.2. The van der Waals surface area contributed by atoms with Gasteiger partial charge in [-0.25, -0.2) is 8.42 Å². The fourth-order valence-electron chi connectivity index (χ4n) is 2.11. The second kappa shape index (κ2) is 4.94. The SMILES string of the molecule is Cc1ccc(C)c(S(=O)(=O)Nc2c(C)nn(C)c2C)c1. The van der Waals surface area contributed by atoms with Crippen molar-refractivity contribution < 1.29 is 8.42 Å². The van der Waals surface area contributed by atoms with Gasteiger partial charge in [-0.15, -0.1) is 0 Å². The number of hydrogen-bond acceptors (Lipinski definition) is 3. The lowest BCUT2D eigenvalue weighted by molar-refractivity contribution is 0.600. The van der Waals surface area contributed by atoms with Crippen molar-refractivity contribution in [2.24, 2.45) is 7.05 Å². The molecule has 2 aromatic rings. The smallest absolute Gasteiger partial charge is 0.262 e. The molecule has 0 radical (unpaired) electrons. The summed E-state index contributed by atoms with van der Waals surface area (Å²) in [7, 11) is -1.81. The molecule has 0 amide bonds. The second-order valence-electron chi connectivity index (χ2n) is 5.04. The molecule has 1 heterocycles. The Labute approximate surface area is 119 Å². The van der Waals surface area contributed by atoms with E-state index in [0.29, 0.717) is 16.3 Å².